The molecule has 4 aromatic rings. The van der Waals surface area contributed by atoms with Crippen molar-refractivity contribution in [2.45, 2.75) is 27.7 Å². The van der Waals surface area contributed by atoms with E-state index in [4.69, 9.17) is 4.52 Å². The average molecular weight is 499 g/mol. The summed E-state index contributed by atoms with van der Waals surface area (Å²) in [6.07, 6.45) is 0. The molecule has 31 heavy (non-hydrogen) atoms. The van der Waals surface area contributed by atoms with Crippen molar-refractivity contribution in [1.29, 1.82) is 0 Å². The van der Waals surface area contributed by atoms with E-state index in [-0.39, 0.29) is 11.8 Å². The molecule has 0 atom stereocenters. The van der Waals surface area contributed by atoms with E-state index in [2.05, 4.69) is 36.7 Å². The Morgan fingerprint density at radius 2 is 1.84 bits per heavy atom. The van der Waals surface area contributed by atoms with Crippen molar-refractivity contribution in [2.24, 2.45) is 0 Å². The molecule has 3 aromatic heterocycles. The van der Waals surface area contributed by atoms with Crippen LogP contribution in [0.1, 0.15) is 32.7 Å². The van der Waals surface area contributed by atoms with Gasteiger partial charge in [-0.15, -0.1) is 11.3 Å². The standard InChI is InChI=1S/C22H19BrN4O3S/c1-10-7-15(12(3)31-10)18-9-16(20-11(2)27-30-22(20)26-18)21(29)25-19-8-14(23)5-6-17(19)24-13(4)28/h5-9H,1-4H3,(H,24,28)(H,25,29). The predicted molar refractivity (Wildman–Crippen MR) is 126 cm³/mol. The summed E-state index contributed by atoms with van der Waals surface area (Å²) in [7, 11) is 0. The normalized spacial score (nSPS) is 11.0. The maximum Gasteiger partial charge on any atom is 0.259 e. The summed E-state index contributed by atoms with van der Waals surface area (Å²) in [6, 6.07) is 9.04. The van der Waals surface area contributed by atoms with Gasteiger partial charge in [-0.1, -0.05) is 21.1 Å². The van der Waals surface area contributed by atoms with Crippen LogP contribution >= 0.6 is 27.3 Å². The Bertz CT molecular complexity index is 1340. The van der Waals surface area contributed by atoms with Crippen LogP contribution in [-0.2, 0) is 4.79 Å². The van der Waals surface area contributed by atoms with Crippen molar-refractivity contribution in [3.63, 3.8) is 0 Å². The Balaban J connectivity index is 1.81. The molecule has 0 fully saturated rings. The second-order valence-corrected chi connectivity index (χ2v) is 9.53. The maximum atomic E-state index is 13.4. The molecule has 2 N–H and O–H groups in total. The van der Waals surface area contributed by atoms with Gasteiger partial charge in [0, 0.05) is 26.7 Å². The van der Waals surface area contributed by atoms with Crippen molar-refractivity contribution in [3.05, 3.63) is 55.8 Å². The van der Waals surface area contributed by atoms with Gasteiger partial charge in [0.05, 0.1) is 33.7 Å². The van der Waals surface area contributed by atoms with Gasteiger partial charge in [-0.05, 0) is 51.1 Å². The molecule has 4 rings (SSSR count). The Hall–Kier alpha value is -3.04. The first-order valence-corrected chi connectivity index (χ1v) is 11.1. The number of pyridine rings is 1. The summed E-state index contributed by atoms with van der Waals surface area (Å²) in [5.74, 6) is -0.584. The molecule has 0 aliphatic heterocycles. The van der Waals surface area contributed by atoms with Crippen molar-refractivity contribution >= 4 is 61.6 Å². The van der Waals surface area contributed by atoms with E-state index in [1.165, 1.54) is 6.92 Å². The summed E-state index contributed by atoms with van der Waals surface area (Å²) in [6.45, 7) is 7.23. The highest BCUT2D eigenvalue weighted by Gasteiger charge is 2.21. The monoisotopic (exact) mass is 498 g/mol. The second-order valence-electron chi connectivity index (χ2n) is 7.16. The van der Waals surface area contributed by atoms with E-state index in [0.29, 0.717) is 39.4 Å². The summed E-state index contributed by atoms with van der Waals surface area (Å²) in [5, 5.41) is 10.2. The Morgan fingerprint density at radius 3 is 2.52 bits per heavy atom. The van der Waals surface area contributed by atoms with Crippen LogP contribution in [0.15, 0.2) is 39.3 Å². The lowest BCUT2D eigenvalue weighted by atomic mass is 10.1. The molecule has 0 radical (unpaired) electrons. The highest BCUT2D eigenvalue weighted by molar-refractivity contribution is 9.10. The topological polar surface area (TPSA) is 97.1 Å². The van der Waals surface area contributed by atoms with Crippen LogP contribution in [0.4, 0.5) is 11.4 Å². The van der Waals surface area contributed by atoms with Gasteiger partial charge in [0.2, 0.25) is 5.91 Å². The summed E-state index contributed by atoms with van der Waals surface area (Å²) in [5.41, 5.74) is 3.85. The number of nitrogens with zero attached hydrogens (tertiary/aromatic N) is 2. The first-order valence-electron chi connectivity index (χ1n) is 9.46. The number of benzene rings is 1. The smallest absolute Gasteiger partial charge is 0.259 e. The van der Waals surface area contributed by atoms with Crippen molar-refractivity contribution in [1.82, 2.24) is 10.1 Å². The Labute approximate surface area is 191 Å². The summed E-state index contributed by atoms with van der Waals surface area (Å²) < 4.78 is 6.16. The molecule has 2 amide bonds. The van der Waals surface area contributed by atoms with Gasteiger partial charge in [0.15, 0.2) is 0 Å². The van der Waals surface area contributed by atoms with Crippen molar-refractivity contribution in [3.8, 4) is 11.3 Å². The van der Waals surface area contributed by atoms with Gasteiger partial charge in [-0.3, -0.25) is 9.59 Å². The Morgan fingerprint density at radius 1 is 1.06 bits per heavy atom. The molecule has 0 saturated carbocycles. The van der Waals surface area contributed by atoms with Crippen LogP contribution in [0.5, 0.6) is 0 Å². The van der Waals surface area contributed by atoms with E-state index >= 15 is 0 Å². The second kappa shape index (κ2) is 8.24. The van der Waals surface area contributed by atoms with Gasteiger partial charge >= 0.3 is 0 Å². The SMILES string of the molecule is CC(=O)Nc1ccc(Br)cc1NC(=O)c1cc(-c2cc(C)sc2C)nc2onc(C)c12. The fourth-order valence-corrected chi connectivity index (χ4v) is 4.70. The van der Waals surface area contributed by atoms with Crippen LogP contribution in [0.25, 0.3) is 22.4 Å². The lowest BCUT2D eigenvalue weighted by molar-refractivity contribution is -0.114. The number of rotatable bonds is 4. The number of fused-ring (bicyclic) bond motifs is 1. The summed E-state index contributed by atoms with van der Waals surface area (Å²) in [4.78, 5) is 31.8. The molecule has 0 aliphatic carbocycles. The molecule has 0 unspecified atom stereocenters. The first-order chi connectivity index (χ1) is 14.7. The van der Waals surface area contributed by atoms with Gasteiger partial charge in [0.25, 0.3) is 11.6 Å². The molecule has 0 aliphatic rings. The fourth-order valence-electron chi connectivity index (χ4n) is 3.41. The number of anilines is 2. The summed E-state index contributed by atoms with van der Waals surface area (Å²) >= 11 is 5.08. The van der Waals surface area contributed by atoms with Crippen molar-refractivity contribution < 1.29 is 14.1 Å². The number of aromatic nitrogens is 2. The van der Waals surface area contributed by atoms with Gasteiger partial charge in [-0.25, -0.2) is 4.98 Å². The zero-order valence-electron chi connectivity index (χ0n) is 17.3. The number of aryl methyl sites for hydroxylation is 3. The molecular formula is C22H19BrN4O3S. The quantitative estimate of drug-likeness (QED) is 0.367. The number of carbonyl (C=O) groups excluding carboxylic acids is 2. The third-order valence-electron chi connectivity index (χ3n) is 4.72. The molecule has 0 bridgehead atoms. The number of halogens is 1. The molecule has 1 aromatic carbocycles. The van der Waals surface area contributed by atoms with Crippen LogP contribution in [0.3, 0.4) is 0 Å². The molecule has 0 spiro atoms. The number of amides is 2. The molecule has 158 valence electrons. The first kappa shape index (κ1) is 21.2. The Kier molecular flexibility index (Phi) is 5.63. The zero-order chi connectivity index (χ0) is 22.3. The molecule has 9 heteroatoms. The third-order valence-corrected chi connectivity index (χ3v) is 6.18. The van der Waals surface area contributed by atoms with E-state index in [9.17, 15) is 9.59 Å². The predicted octanol–water partition coefficient (Wildman–Crippen LogP) is 5.85. The van der Waals surface area contributed by atoms with E-state index < -0.39 is 0 Å². The van der Waals surface area contributed by atoms with Gasteiger partial charge < -0.3 is 15.2 Å². The average Bonchev–Trinajstić information content (AvgIpc) is 3.24. The molecule has 7 nitrogen and oxygen atoms in total. The third kappa shape index (κ3) is 4.24. The minimum absolute atomic E-state index is 0.232. The highest BCUT2D eigenvalue weighted by atomic mass is 79.9. The molecular weight excluding hydrogens is 480 g/mol. The maximum absolute atomic E-state index is 13.4. The molecule has 3 heterocycles. The fraction of sp³-hybridized carbons (Fsp3) is 0.182. The van der Waals surface area contributed by atoms with Gasteiger partial charge in [-0.2, -0.15) is 0 Å². The lowest BCUT2D eigenvalue weighted by Gasteiger charge is -2.13. The van der Waals surface area contributed by atoms with Crippen LogP contribution in [0, 0.1) is 20.8 Å². The van der Waals surface area contributed by atoms with Gasteiger partial charge in [0.1, 0.15) is 0 Å². The zero-order valence-corrected chi connectivity index (χ0v) is 19.7. The minimum atomic E-state index is -0.353. The van der Waals surface area contributed by atoms with E-state index in [0.717, 1.165) is 19.8 Å². The van der Waals surface area contributed by atoms with Crippen molar-refractivity contribution in [2.75, 3.05) is 10.6 Å². The largest absolute Gasteiger partial charge is 0.335 e. The molecule has 0 saturated heterocycles. The number of hydrogen-bond donors (Lipinski definition) is 2. The minimum Gasteiger partial charge on any atom is -0.335 e. The number of carbonyl (C=O) groups is 2. The number of hydrogen-bond acceptors (Lipinski definition) is 6. The highest BCUT2D eigenvalue weighted by Crippen LogP contribution is 2.34. The van der Waals surface area contributed by atoms with Crippen LogP contribution in [0.2, 0.25) is 0 Å². The van der Waals surface area contributed by atoms with E-state index in [1.807, 2.05) is 19.9 Å². The van der Waals surface area contributed by atoms with E-state index in [1.54, 1.807) is 42.5 Å². The van der Waals surface area contributed by atoms with Crippen LogP contribution < -0.4 is 10.6 Å². The number of nitrogens with one attached hydrogen (secondary N) is 2. The lowest BCUT2D eigenvalue weighted by Crippen LogP contribution is -2.16. The van der Waals surface area contributed by atoms with Crippen LogP contribution in [-0.4, -0.2) is 22.0 Å². The number of thiophene rings is 1.